The van der Waals surface area contributed by atoms with Crippen molar-refractivity contribution >= 4 is 23.2 Å². The lowest BCUT2D eigenvalue weighted by molar-refractivity contribution is 0.239. The van der Waals surface area contributed by atoms with Crippen molar-refractivity contribution in [2.45, 2.75) is 52.7 Å². The Bertz CT molecular complexity index is 394. The summed E-state index contributed by atoms with van der Waals surface area (Å²) in [7, 11) is 0. The summed E-state index contributed by atoms with van der Waals surface area (Å²) in [4.78, 5) is 0. The summed E-state index contributed by atoms with van der Waals surface area (Å²) in [5.74, 6) is 0.740. The second-order valence-corrected chi connectivity index (χ2v) is 5.77. The van der Waals surface area contributed by atoms with E-state index in [9.17, 15) is 0 Å². The van der Waals surface area contributed by atoms with Gasteiger partial charge in [-0.25, -0.2) is 0 Å². The third-order valence-corrected chi connectivity index (χ3v) is 3.21. The maximum absolute atomic E-state index is 6.20. The quantitative estimate of drug-likeness (QED) is 0.678. The summed E-state index contributed by atoms with van der Waals surface area (Å²) < 4.78 is 5.78. The third kappa shape index (κ3) is 6.03. The molecule has 0 atom stereocenters. The predicted octanol–water partition coefficient (Wildman–Crippen LogP) is 5.06. The minimum Gasteiger partial charge on any atom is -0.489 e. The van der Waals surface area contributed by atoms with Crippen LogP contribution in [0.4, 0.5) is 0 Å². The fraction of sp³-hybridized carbons (Fsp3) is 0.600. The maximum Gasteiger partial charge on any atom is 0.142 e. The first-order valence-corrected chi connectivity index (χ1v) is 7.65. The Morgan fingerprint density at radius 3 is 2.58 bits per heavy atom. The summed E-state index contributed by atoms with van der Waals surface area (Å²) in [6.07, 6.45) is 3.76. The first-order chi connectivity index (χ1) is 9.04. The summed E-state index contributed by atoms with van der Waals surface area (Å²) >= 11 is 12.3. The van der Waals surface area contributed by atoms with Crippen LogP contribution in [0.1, 0.15) is 45.6 Å². The lowest BCUT2D eigenvalue weighted by atomic mass is 10.2. The molecule has 0 aliphatic heterocycles. The molecule has 19 heavy (non-hydrogen) atoms. The van der Waals surface area contributed by atoms with E-state index >= 15 is 0 Å². The molecule has 0 amide bonds. The monoisotopic (exact) mass is 303 g/mol. The van der Waals surface area contributed by atoms with Gasteiger partial charge < -0.3 is 10.1 Å². The molecule has 0 spiro atoms. The Morgan fingerprint density at radius 1 is 1.21 bits per heavy atom. The normalized spacial score (nSPS) is 11.1. The molecule has 1 N–H and O–H groups in total. The Morgan fingerprint density at radius 2 is 1.95 bits per heavy atom. The fourth-order valence-electron chi connectivity index (χ4n) is 1.84. The van der Waals surface area contributed by atoms with E-state index in [4.69, 9.17) is 27.9 Å². The van der Waals surface area contributed by atoms with Crippen molar-refractivity contribution in [1.29, 1.82) is 0 Å². The van der Waals surface area contributed by atoms with Crippen LogP contribution >= 0.6 is 23.2 Å². The Hall–Kier alpha value is -0.440. The fourth-order valence-corrected chi connectivity index (χ4v) is 2.42. The number of halogens is 2. The lowest BCUT2D eigenvalue weighted by Gasteiger charge is -2.16. The first kappa shape index (κ1) is 16.6. The van der Waals surface area contributed by atoms with Crippen LogP contribution in [0.25, 0.3) is 0 Å². The van der Waals surface area contributed by atoms with E-state index in [1.54, 1.807) is 6.07 Å². The summed E-state index contributed by atoms with van der Waals surface area (Å²) in [5.41, 5.74) is 1.02. The summed E-state index contributed by atoms with van der Waals surface area (Å²) in [6.45, 7) is 7.91. The van der Waals surface area contributed by atoms with Crippen LogP contribution in [0.15, 0.2) is 12.1 Å². The second kappa shape index (κ2) is 8.68. The average molecular weight is 304 g/mol. The van der Waals surface area contributed by atoms with Gasteiger partial charge in [0.15, 0.2) is 0 Å². The van der Waals surface area contributed by atoms with E-state index in [1.165, 1.54) is 19.3 Å². The molecule has 0 aliphatic carbocycles. The van der Waals surface area contributed by atoms with E-state index in [1.807, 2.05) is 19.9 Å². The number of nitrogens with one attached hydrogen (secondary N) is 1. The van der Waals surface area contributed by atoms with Crippen LogP contribution in [0.3, 0.4) is 0 Å². The van der Waals surface area contributed by atoms with Gasteiger partial charge in [-0.2, -0.15) is 0 Å². The number of unbranched alkanes of at least 4 members (excludes halogenated alkanes) is 2. The smallest absolute Gasteiger partial charge is 0.142 e. The van der Waals surface area contributed by atoms with Crippen molar-refractivity contribution < 1.29 is 4.74 Å². The molecule has 1 aromatic rings. The third-order valence-electron chi connectivity index (χ3n) is 2.71. The minimum atomic E-state index is 0.0949. The molecule has 0 saturated carbocycles. The van der Waals surface area contributed by atoms with Crippen molar-refractivity contribution in [1.82, 2.24) is 5.32 Å². The second-order valence-electron chi connectivity index (χ2n) is 4.93. The van der Waals surface area contributed by atoms with Gasteiger partial charge in [-0.3, -0.25) is 0 Å². The number of ether oxygens (including phenoxy) is 1. The molecule has 1 aromatic carbocycles. The van der Waals surface area contributed by atoms with Crippen LogP contribution in [0.2, 0.25) is 10.0 Å². The molecule has 0 aliphatic rings. The minimum absolute atomic E-state index is 0.0949. The molecule has 108 valence electrons. The van der Waals surface area contributed by atoms with Crippen LogP contribution < -0.4 is 10.1 Å². The van der Waals surface area contributed by atoms with E-state index in [-0.39, 0.29) is 6.10 Å². The van der Waals surface area contributed by atoms with Crippen LogP contribution in [0.5, 0.6) is 5.75 Å². The van der Waals surface area contributed by atoms with Gasteiger partial charge in [0.2, 0.25) is 0 Å². The highest BCUT2D eigenvalue weighted by Crippen LogP contribution is 2.33. The SMILES string of the molecule is CCCCCNCc1cc(Cl)cc(Cl)c1OC(C)C. The van der Waals surface area contributed by atoms with Crippen molar-refractivity contribution in [2.24, 2.45) is 0 Å². The molecule has 0 fully saturated rings. The van der Waals surface area contributed by atoms with Gasteiger partial charge >= 0.3 is 0 Å². The van der Waals surface area contributed by atoms with Gasteiger partial charge in [-0.1, -0.05) is 43.0 Å². The molecule has 0 unspecified atom stereocenters. The molecule has 1 rings (SSSR count). The molecule has 0 radical (unpaired) electrons. The molecular formula is C15H23Cl2NO. The molecule has 0 aromatic heterocycles. The van der Waals surface area contributed by atoms with Crippen LogP contribution in [-0.2, 0) is 6.54 Å². The predicted molar refractivity (Wildman–Crippen MR) is 83.5 cm³/mol. The van der Waals surface area contributed by atoms with E-state index < -0.39 is 0 Å². The molecular weight excluding hydrogens is 281 g/mol. The number of hydrogen-bond donors (Lipinski definition) is 1. The van der Waals surface area contributed by atoms with Gasteiger partial charge in [0, 0.05) is 17.1 Å². The largest absolute Gasteiger partial charge is 0.489 e. The topological polar surface area (TPSA) is 21.3 Å². The number of hydrogen-bond acceptors (Lipinski definition) is 2. The first-order valence-electron chi connectivity index (χ1n) is 6.89. The maximum atomic E-state index is 6.20. The van der Waals surface area contributed by atoms with Crippen molar-refractivity contribution in [3.8, 4) is 5.75 Å². The number of benzene rings is 1. The highest BCUT2D eigenvalue weighted by molar-refractivity contribution is 6.35. The van der Waals surface area contributed by atoms with Gasteiger partial charge in [-0.15, -0.1) is 0 Å². The molecule has 0 bridgehead atoms. The molecule has 4 heteroatoms. The van der Waals surface area contributed by atoms with Gasteiger partial charge in [0.05, 0.1) is 11.1 Å². The number of rotatable bonds is 8. The molecule has 2 nitrogen and oxygen atoms in total. The zero-order chi connectivity index (χ0) is 14.3. The summed E-state index contributed by atoms with van der Waals surface area (Å²) in [6, 6.07) is 3.64. The van der Waals surface area contributed by atoms with E-state index in [0.29, 0.717) is 10.0 Å². The van der Waals surface area contributed by atoms with Crippen LogP contribution in [0, 0.1) is 0 Å². The van der Waals surface area contributed by atoms with Gasteiger partial charge in [0.1, 0.15) is 5.75 Å². The van der Waals surface area contributed by atoms with E-state index in [2.05, 4.69) is 12.2 Å². The lowest BCUT2D eigenvalue weighted by Crippen LogP contribution is -2.16. The standard InChI is InChI=1S/C15H23Cl2NO/c1-4-5-6-7-18-10-12-8-13(16)9-14(17)15(12)19-11(2)3/h8-9,11,18H,4-7,10H2,1-3H3. The zero-order valence-electron chi connectivity index (χ0n) is 11.9. The van der Waals surface area contributed by atoms with E-state index in [0.717, 1.165) is 24.4 Å². The van der Waals surface area contributed by atoms with Crippen molar-refractivity contribution in [3.05, 3.63) is 27.7 Å². The highest BCUT2D eigenvalue weighted by atomic mass is 35.5. The van der Waals surface area contributed by atoms with Gasteiger partial charge in [-0.05, 0) is 38.9 Å². The molecule has 0 saturated heterocycles. The molecule has 0 heterocycles. The van der Waals surface area contributed by atoms with Crippen molar-refractivity contribution in [3.63, 3.8) is 0 Å². The van der Waals surface area contributed by atoms with Crippen molar-refractivity contribution in [2.75, 3.05) is 6.54 Å². The van der Waals surface area contributed by atoms with Crippen LogP contribution in [-0.4, -0.2) is 12.6 Å². The zero-order valence-corrected chi connectivity index (χ0v) is 13.4. The Balaban J connectivity index is 2.68. The summed E-state index contributed by atoms with van der Waals surface area (Å²) in [5, 5.41) is 4.63. The van der Waals surface area contributed by atoms with Gasteiger partial charge in [0.25, 0.3) is 0 Å². The highest BCUT2D eigenvalue weighted by Gasteiger charge is 2.12. The Labute approximate surface area is 126 Å². The average Bonchev–Trinajstić information content (AvgIpc) is 2.32. The Kier molecular flexibility index (Phi) is 7.59.